The van der Waals surface area contributed by atoms with Crippen LogP contribution in [0.5, 0.6) is 5.75 Å². The number of aromatic nitrogens is 4. The van der Waals surface area contributed by atoms with E-state index in [0.717, 1.165) is 37.1 Å². The van der Waals surface area contributed by atoms with Gasteiger partial charge in [0.2, 0.25) is 17.8 Å². The van der Waals surface area contributed by atoms with E-state index in [2.05, 4.69) is 20.9 Å². The number of ether oxygens (including phenoxy) is 1. The fourth-order valence-corrected chi connectivity index (χ4v) is 4.72. The first-order valence-electron chi connectivity index (χ1n) is 12.9. The van der Waals surface area contributed by atoms with Gasteiger partial charge in [-0.25, -0.2) is 14.4 Å². The van der Waals surface area contributed by atoms with Crippen LogP contribution in [0.2, 0.25) is 0 Å². The molecule has 5 rings (SSSR count). The zero-order chi connectivity index (χ0) is 26.6. The minimum Gasteiger partial charge on any atom is -0.497 e. The van der Waals surface area contributed by atoms with E-state index in [1.165, 1.54) is 6.07 Å². The van der Waals surface area contributed by atoms with Crippen molar-refractivity contribution >= 4 is 40.3 Å². The van der Waals surface area contributed by atoms with Crippen LogP contribution in [0.4, 0.5) is 27.7 Å². The molecule has 1 fully saturated rings. The van der Waals surface area contributed by atoms with E-state index in [9.17, 15) is 9.18 Å². The summed E-state index contributed by atoms with van der Waals surface area (Å²) in [4.78, 5) is 26.2. The molecule has 1 amide bonds. The summed E-state index contributed by atoms with van der Waals surface area (Å²) in [6.07, 6.45) is 5.00. The van der Waals surface area contributed by atoms with Crippen molar-refractivity contribution in [2.75, 3.05) is 17.7 Å². The maximum absolute atomic E-state index is 14.5. The van der Waals surface area contributed by atoms with Crippen molar-refractivity contribution in [3.63, 3.8) is 0 Å². The predicted molar refractivity (Wildman–Crippen MR) is 146 cm³/mol. The van der Waals surface area contributed by atoms with Crippen LogP contribution >= 0.6 is 0 Å². The molecule has 0 atom stereocenters. The average Bonchev–Trinajstić information content (AvgIpc) is 3.28. The molecule has 2 aromatic heterocycles. The minimum absolute atomic E-state index is 0.0461. The Bertz CT molecular complexity index is 1410. The van der Waals surface area contributed by atoms with Crippen LogP contribution in [0.3, 0.4) is 0 Å². The molecule has 1 aliphatic rings. The van der Waals surface area contributed by atoms with E-state index in [0.29, 0.717) is 28.7 Å². The monoisotopic (exact) mass is 517 g/mol. The third-order valence-electron chi connectivity index (χ3n) is 6.83. The summed E-state index contributed by atoms with van der Waals surface area (Å²) in [7, 11) is 1.62. The molecule has 2 heterocycles. The van der Waals surface area contributed by atoms with Gasteiger partial charge >= 0.3 is 0 Å². The highest BCUT2D eigenvalue weighted by atomic mass is 19.1. The summed E-state index contributed by atoms with van der Waals surface area (Å²) in [5.74, 6) is 1.36. The second kappa shape index (κ2) is 11.0. The van der Waals surface area contributed by atoms with Crippen molar-refractivity contribution < 1.29 is 13.9 Å². The molecule has 10 heteroatoms. The maximum Gasteiger partial charge on any atom is 0.229 e. The minimum atomic E-state index is -0.362. The second-order valence-electron chi connectivity index (χ2n) is 9.83. The lowest BCUT2D eigenvalue weighted by atomic mass is 9.90. The number of hydrogen-bond acceptors (Lipinski definition) is 7. The second-order valence-corrected chi connectivity index (χ2v) is 9.83. The molecule has 0 unspecified atom stereocenters. The molecule has 0 saturated heterocycles. The van der Waals surface area contributed by atoms with E-state index >= 15 is 0 Å². The van der Waals surface area contributed by atoms with Gasteiger partial charge in [-0.2, -0.15) is 4.98 Å². The first-order chi connectivity index (χ1) is 18.4. The lowest BCUT2D eigenvalue weighted by Crippen LogP contribution is -2.40. The van der Waals surface area contributed by atoms with Crippen molar-refractivity contribution in [3.8, 4) is 5.75 Å². The summed E-state index contributed by atoms with van der Waals surface area (Å²) < 4.78 is 21.8. The van der Waals surface area contributed by atoms with Gasteiger partial charge in [0.15, 0.2) is 5.65 Å². The van der Waals surface area contributed by atoms with Gasteiger partial charge in [0.1, 0.15) is 17.1 Å². The third kappa shape index (κ3) is 5.53. The molecular weight excluding hydrogens is 485 g/mol. The van der Waals surface area contributed by atoms with Crippen LogP contribution < -0.4 is 20.7 Å². The highest BCUT2D eigenvalue weighted by molar-refractivity contribution is 5.78. The largest absolute Gasteiger partial charge is 0.497 e. The van der Waals surface area contributed by atoms with Crippen LogP contribution in [0, 0.1) is 11.7 Å². The van der Waals surface area contributed by atoms with E-state index in [1.54, 1.807) is 31.5 Å². The average molecular weight is 518 g/mol. The van der Waals surface area contributed by atoms with Crippen LogP contribution in [-0.2, 0) is 4.79 Å². The molecule has 3 N–H and O–H groups in total. The van der Waals surface area contributed by atoms with Crippen molar-refractivity contribution in [2.45, 2.75) is 51.6 Å². The SMILES string of the molecule is COc1ccc(Nc2ncc3nc(Nc4ccccc4F)n([C@H]4CC[C@H](NC(=O)C(C)C)CC4)c3n2)cc1. The number of hydrogen-bond donors (Lipinski definition) is 3. The number of fused-ring (bicyclic) bond motifs is 1. The van der Waals surface area contributed by atoms with E-state index in [-0.39, 0.29) is 29.7 Å². The van der Waals surface area contributed by atoms with Crippen LogP contribution in [0.25, 0.3) is 11.2 Å². The number of carbonyl (C=O) groups is 1. The molecule has 9 nitrogen and oxygen atoms in total. The highest BCUT2D eigenvalue weighted by Crippen LogP contribution is 2.35. The Balaban J connectivity index is 1.45. The first-order valence-corrected chi connectivity index (χ1v) is 12.9. The fraction of sp³-hybridized carbons (Fsp3) is 0.357. The lowest BCUT2D eigenvalue weighted by molar-refractivity contribution is -0.124. The molecule has 0 aliphatic heterocycles. The molecule has 1 saturated carbocycles. The number of halogens is 1. The number of nitrogens with one attached hydrogen (secondary N) is 3. The Labute approximate surface area is 220 Å². The molecule has 0 bridgehead atoms. The summed E-state index contributed by atoms with van der Waals surface area (Å²) in [5, 5.41) is 9.56. The number of benzene rings is 2. The molecule has 198 valence electrons. The summed E-state index contributed by atoms with van der Waals surface area (Å²) in [5.41, 5.74) is 2.43. The van der Waals surface area contributed by atoms with Gasteiger partial charge in [-0.15, -0.1) is 0 Å². The number of rotatable bonds is 8. The van der Waals surface area contributed by atoms with Crippen molar-refractivity contribution in [2.24, 2.45) is 5.92 Å². The van der Waals surface area contributed by atoms with Gasteiger partial charge in [-0.3, -0.25) is 9.36 Å². The van der Waals surface area contributed by atoms with E-state index in [4.69, 9.17) is 14.7 Å². The van der Waals surface area contributed by atoms with Gasteiger partial charge in [0.05, 0.1) is 19.0 Å². The lowest BCUT2D eigenvalue weighted by Gasteiger charge is -2.31. The smallest absolute Gasteiger partial charge is 0.229 e. The molecule has 1 aliphatic carbocycles. The number of para-hydroxylation sites is 1. The molecule has 0 spiro atoms. The summed E-state index contributed by atoms with van der Waals surface area (Å²) in [6.45, 7) is 3.80. The Kier molecular flexibility index (Phi) is 7.39. The van der Waals surface area contributed by atoms with Crippen LogP contribution in [-0.4, -0.2) is 38.6 Å². The summed E-state index contributed by atoms with van der Waals surface area (Å²) >= 11 is 0. The fourth-order valence-electron chi connectivity index (χ4n) is 4.72. The van der Waals surface area contributed by atoms with Gasteiger partial charge in [-0.05, 0) is 62.1 Å². The molecular formula is C28H32FN7O2. The number of anilines is 4. The van der Waals surface area contributed by atoms with Crippen molar-refractivity contribution in [1.29, 1.82) is 0 Å². The number of carbonyl (C=O) groups excluding carboxylic acids is 1. The third-order valence-corrected chi connectivity index (χ3v) is 6.83. The van der Waals surface area contributed by atoms with Gasteiger partial charge in [-0.1, -0.05) is 26.0 Å². The maximum atomic E-state index is 14.5. The van der Waals surface area contributed by atoms with E-state index < -0.39 is 0 Å². The zero-order valence-corrected chi connectivity index (χ0v) is 21.7. The number of nitrogens with zero attached hydrogens (tertiary/aromatic N) is 4. The number of imidazole rings is 1. The normalized spacial score (nSPS) is 17.4. The van der Waals surface area contributed by atoms with Gasteiger partial charge in [0.25, 0.3) is 0 Å². The molecule has 2 aromatic carbocycles. The van der Waals surface area contributed by atoms with Crippen molar-refractivity contribution in [3.05, 3.63) is 60.5 Å². The molecule has 0 radical (unpaired) electrons. The van der Waals surface area contributed by atoms with Crippen LogP contribution in [0.15, 0.2) is 54.7 Å². The topological polar surface area (TPSA) is 106 Å². The first kappa shape index (κ1) is 25.4. The number of methoxy groups -OCH3 is 1. The Morgan fingerprint density at radius 1 is 1.03 bits per heavy atom. The Morgan fingerprint density at radius 2 is 1.76 bits per heavy atom. The predicted octanol–water partition coefficient (Wildman–Crippen LogP) is 5.72. The number of amides is 1. The standard InChI is InChI=1S/C28H32FN7O2/c1-17(2)26(37)31-18-8-12-20(13-9-18)36-25-24(34-28(36)33-23-7-5-4-6-22(23)29)16-30-27(35-25)32-19-10-14-21(38-3)15-11-19/h4-7,10-11,14-18,20H,8-9,12-13H2,1-3H3,(H,31,37)(H,33,34)(H,30,32,35)/t18-,20-. The summed E-state index contributed by atoms with van der Waals surface area (Å²) in [6, 6.07) is 14.2. The van der Waals surface area contributed by atoms with E-state index in [1.807, 2.05) is 42.7 Å². The Hall–Kier alpha value is -4.21. The Morgan fingerprint density at radius 3 is 2.45 bits per heavy atom. The van der Waals surface area contributed by atoms with Gasteiger partial charge < -0.3 is 20.7 Å². The quantitative estimate of drug-likeness (QED) is 0.275. The van der Waals surface area contributed by atoms with Crippen molar-refractivity contribution in [1.82, 2.24) is 24.8 Å². The van der Waals surface area contributed by atoms with Crippen LogP contribution in [0.1, 0.15) is 45.6 Å². The molecule has 4 aromatic rings. The molecule has 38 heavy (non-hydrogen) atoms. The zero-order valence-electron chi connectivity index (χ0n) is 21.7. The van der Waals surface area contributed by atoms with Gasteiger partial charge in [0, 0.05) is 23.7 Å². The highest BCUT2D eigenvalue weighted by Gasteiger charge is 2.28.